The zero-order valence-electron chi connectivity index (χ0n) is 13.7. The Bertz CT molecular complexity index is 788. The van der Waals surface area contributed by atoms with E-state index in [0.29, 0.717) is 11.4 Å². The molecule has 1 fully saturated rings. The third kappa shape index (κ3) is 3.75. The number of carbonyl (C=O) groups excluding carboxylic acids is 2. The van der Waals surface area contributed by atoms with E-state index in [1.165, 1.54) is 27.0 Å². The van der Waals surface area contributed by atoms with Crippen molar-refractivity contribution in [3.05, 3.63) is 18.2 Å². The Labute approximate surface area is 150 Å². The van der Waals surface area contributed by atoms with E-state index in [2.05, 4.69) is 5.32 Å². The van der Waals surface area contributed by atoms with E-state index in [-0.39, 0.29) is 43.6 Å². The molecule has 0 bridgehead atoms. The Morgan fingerprint density at radius 2 is 2.00 bits per heavy atom. The van der Waals surface area contributed by atoms with E-state index in [1.54, 1.807) is 19.1 Å². The molecule has 2 amide bonds. The molecule has 0 spiro atoms. The smallest absolute Gasteiger partial charge is 0.409 e. The number of rotatable bonds is 3. The molecule has 25 heavy (non-hydrogen) atoms. The standard InChI is InChI=1S/C15H19N3O5S2/c1-2-23-15(20)17-5-7-18(8-6-17)25(21,22)11-3-4-13-12(9-11)16-14(19)10-24-13/h3-4,9H,2,5-8,10H2,1H3,(H,16,19). The van der Waals surface area contributed by atoms with Gasteiger partial charge in [0, 0.05) is 31.1 Å². The lowest BCUT2D eigenvalue weighted by Crippen LogP contribution is -2.50. The lowest BCUT2D eigenvalue weighted by molar-refractivity contribution is -0.113. The maximum absolute atomic E-state index is 12.8. The predicted molar refractivity (Wildman–Crippen MR) is 93.1 cm³/mol. The van der Waals surface area contributed by atoms with Gasteiger partial charge in [0.05, 0.1) is 22.9 Å². The van der Waals surface area contributed by atoms with E-state index >= 15 is 0 Å². The van der Waals surface area contributed by atoms with Crippen LogP contribution in [0.3, 0.4) is 0 Å². The summed E-state index contributed by atoms with van der Waals surface area (Å²) in [4.78, 5) is 25.7. The molecular formula is C15H19N3O5S2. The van der Waals surface area contributed by atoms with Crippen LogP contribution in [0.15, 0.2) is 28.0 Å². The largest absolute Gasteiger partial charge is 0.450 e. The number of carbonyl (C=O) groups is 2. The first-order valence-electron chi connectivity index (χ1n) is 7.90. The van der Waals surface area contributed by atoms with Crippen molar-refractivity contribution in [3.8, 4) is 0 Å². The Kier molecular flexibility index (Phi) is 5.21. The highest BCUT2D eigenvalue weighted by molar-refractivity contribution is 8.00. The molecule has 1 saturated heterocycles. The first-order valence-corrected chi connectivity index (χ1v) is 10.3. The fraction of sp³-hybridized carbons (Fsp3) is 0.467. The summed E-state index contributed by atoms with van der Waals surface area (Å²) in [6.07, 6.45) is -0.423. The Balaban J connectivity index is 1.74. The van der Waals surface area contributed by atoms with Crippen LogP contribution in [0.4, 0.5) is 10.5 Å². The summed E-state index contributed by atoms with van der Waals surface area (Å²) in [5, 5.41) is 2.70. The van der Waals surface area contributed by atoms with Gasteiger partial charge in [-0.25, -0.2) is 13.2 Å². The summed E-state index contributed by atoms with van der Waals surface area (Å²) < 4.78 is 31.9. The number of sulfonamides is 1. The summed E-state index contributed by atoms with van der Waals surface area (Å²) in [5.41, 5.74) is 0.521. The van der Waals surface area contributed by atoms with Gasteiger partial charge in [-0.2, -0.15) is 4.31 Å². The van der Waals surface area contributed by atoms with Gasteiger partial charge in [-0.3, -0.25) is 4.79 Å². The molecule has 2 aliphatic rings. The highest BCUT2D eigenvalue weighted by Gasteiger charge is 2.31. The molecule has 1 aromatic rings. The number of piperazine rings is 1. The number of ether oxygens (including phenoxy) is 1. The van der Waals surface area contributed by atoms with Crippen molar-refractivity contribution in [2.75, 3.05) is 43.9 Å². The number of thioether (sulfide) groups is 1. The van der Waals surface area contributed by atoms with E-state index in [0.717, 1.165) is 4.90 Å². The first-order chi connectivity index (χ1) is 11.9. The Hall–Kier alpha value is -1.78. The van der Waals surface area contributed by atoms with Gasteiger partial charge in [0.1, 0.15) is 0 Å². The summed E-state index contributed by atoms with van der Waals surface area (Å²) in [5.74, 6) is 0.185. The summed E-state index contributed by atoms with van der Waals surface area (Å²) in [6.45, 7) is 3.01. The number of hydrogen-bond acceptors (Lipinski definition) is 6. The number of anilines is 1. The molecule has 2 heterocycles. The highest BCUT2D eigenvalue weighted by atomic mass is 32.2. The lowest BCUT2D eigenvalue weighted by atomic mass is 10.3. The fourth-order valence-electron chi connectivity index (χ4n) is 2.70. The van der Waals surface area contributed by atoms with Crippen molar-refractivity contribution in [1.29, 1.82) is 0 Å². The minimum absolute atomic E-state index is 0.138. The highest BCUT2D eigenvalue weighted by Crippen LogP contribution is 2.33. The number of nitrogens with one attached hydrogen (secondary N) is 1. The van der Waals surface area contributed by atoms with Gasteiger partial charge in [-0.05, 0) is 25.1 Å². The number of hydrogen-bond donors (Lipinski definition) is 1. The molecule has 8 nitrogen and oxygen atoms in total. The van der Waals surface area contributed by atoms with Crippen molar-refractivity contribution in [2.45, 2.75) is 16.7 Å². The van der Waals surface area contributed by atoms with E-state index in [4.69, 9.17) is 4.74 Å². The molecule has 3 rings (SSSR count). The average molecular weight is 385 g/mol. The lowest BCUT2D eigenvalue weighted by Gasteiger charge is -2.33. The van der Waals surface area contributed by atoms with Crippen molar-refractivity contribution in [3.63, 3.8) is 0 Å². The molecule has 10 heteroatoms. The Morgan fingerprint density at radius 3 is 2.68 bits per heavy atom. The minimum atomic E-state index is -3.68. The van der Waals surface area contributed by atoms with Gasteiger partial charge in [-0.15, -0.1) is 11.8 Å². The number of benzene rings is 1. The monoisotopic (exact) mass is 385 g/mol. The molecule has 0 unspecified atom stereocenters. The van der Waals surface area contributed by atoms with Gasteiger partial charge in [-0.1, -0.05) is 0 Å². The Morgan fingerprint density at radius 1 is 1.28 bits per heavy atom. The number of nitrogens with zero attached hydrogens (tertiary/aromatic N) is 2. The molecule has 1 N–H and O–H groups in total. The van der Waals surface area contributed by atoms with E-state index < -0.39 is 16.1 Å². The maximum Gasteiger partial charge on any atom is 0.409 e. The van der Waals surface area contributed by atoms with Gasteiger partial charge < -0.3 is 15.0 Å². The normalized spacial score (nSPS) is 18.4. The van der Waals surface area contributed by atoms with Crippen LogP contribution in [0, 0.1) is 0 Å². The van der Waals surface area contributed by atoms with Crippen LogP contribution in [-0.2, 0) is 19.6 Å². The minimum Gasteiger partial charge on any atom is -0.450 e. The second-order valence-electron chi connectivity index (χ2n) is 5.58. The molecule has 2 aliphatic heterocycles. The summed E-state index contributed by atoms with van der Waals surface area (Å²) in [6, 6.07) is 4.75. The second kappa shape index (κ2) is 7.22. The van der Waals surface area contributed by atoms with Crippen molar-refractivity contribution in [1.82, 2.24) is 9.21 Å². The molecule has 0 aliphatic carbocycles. The molecule has 0 saturated carbocycles. The van der Waals surface area contributed by atoms with Crippen LogP contribution in [0.25, 0.3) is 0 Å². The van der Waals surface area contributed by atoms with Crippen LogP contribution >= 0.6 is 11.8 Å². The van der Waals surface area contributed by atoms with Gasteiger partial charge in [0.25, 0.3) is 0 Å². The fourth-order valence-corrected chi connectivity index (χ4v) is 4.93. The van der Waals surface area contributed by atoms with Crippen molar-refractivity contribution in [2.24, 2.45) is 0 Å². The second-order valence-corrected chi connectivity index (χ2v) is 8.54. The molecular weight excluding hydrogens is 366 g/mol. The number of amides is 2. The topological polar surface area (TPSA) is 96.0 Å². The van der Waals surface area contributed by atoms with Gasteiger partial charge in [0.2, 0.25) is 15.9 Å². The summed E-state index contributed by atoms with van der Waals surface area (Å²) in [7, 11) is -3.68. The molecule has 0 radical (unpaired) electrons. The first kappa shape index (κ1) is 18.0. The predicted octanol–water partition coefficient (Wildman–Crippen LogP) is 1.19. The third-order valence-electron chi connectivity index (χ3n) is 3.99. The quantitative estimate of drug-likeness (QED) is 0.840. The van der Waals surface area contributed by atoms with Crippen LogP contribution in [0.1, 0.15) is 6.92 Å². The summed E-state index contributed by atoms with van der Waals surface area (Å²) >= 11 is 1.38. The molecule has 136 valence electrons. The van der Waals surface area contributed by atoms with Crippen molar-refractivity contribution < 1.29 is 22.7 Å². The average Bonchev–Trinajstić information content (AvgIpc) is 2.61. The van der Waals surface area contributed by atoms with Gasteiger partial charge in [0.15, 0.2) is 0 Å². The third-order valence-corrected chi connectivity index (χ3v) is 6.95. The van der Waals surface area contributed by atoms with Crippen LogP contribution in [-0.4, -0.2) is 68.2 Å². The zero-order valence-corrected chi connectivity index (χ0v) is 15.4. The van der Waals surface area contributed by atoms with Crippen LogP contribution in [0.2, 0.25) is 0 Å². The van der Waals surface area contributed by atoms with Crippen LogP contribution in [0.5, 0.6) is 0 Å². The molecule has 1 aromatic carbocycles. The van der Waals surface area contributed by atoms with Crippen LogP contribution < -0.4 is 5.32 Å². The van der Waals surface area contributed by atoms with Crippen molar-refractivity contribution >= 4 is 39.5 Å². The SMILES string of the molecule is CCOC(=O)N1CCN(S(=O)(=O)c2ccc3c(c2)NC(=O)CS3)CC1. The maximum atomic E-state index is 12.8. The zero-order chi connectivity index (χ0) is 18.0. The number of fused-ring (bicyclic) bond motifs is 1. The molecule has 0 atom stereocenters. The van der Waals surface area contributed by atoms with Gasteiger partial charge >= 0.3 is 6.09 Å². The van der Waals surface area contributed by atoms with E-state index in [9.17, 15) is 18.0 Å². The molecule has 0 aromatic heterocycles. The van der Waals surface area contributed by atoms with E-state index in [1.807, 2.05) is 0 Å².